The van der Waals surface area contributed by atoms with Gasteiger partial charge in [-0.1, -0.05) is 30.3 Å². The fourth-order valence-electron chi connectivity index (χ4n) is 3.20. The number of benzene rings is 1. The molecule has 0 saturated carbocycles. The second-order valence-electron chi connectivity index (χ2n) is 6.01. The highest BCUT2D eigenvalue weighted by atomic mass is 32.1. The molecule has 0 aliphatic carbocycles. The van der Waals surface area contributed by atoms with Crippen LogP contribution in [0.15, 0.2) is 48.1 Å². The largest absolute Gasteiger partial charge is 0.330 e. The van der Waals surface area contributed by atoms with Gasteiger partial charge < -0.3 is 4.90 Å². The number of amides is 1. The summed E-state index contributed by atoms with van der Waals surface area (Å²) in [5.74, 6) is 0.0137. The Morgan fingerprint density at radius 1 is 1.29 bits per heavy atom. The van der Waals surface area contributed by atoms with Crippen LogP contribution in [0, 0.1) is 0 Å². The summed E-state index contributed by atoms with van der Waals surface area (Å²) in [5, 5.41) is 6.99. The summed E-state index contributed by atoms with van der Waals surface area (Å²) in [5.41, 5.74) is 2.68. The molecule has 0 N–H and O–H groups in total. The Balaban J connectivity index is 1.58. The summed E-state index contributed by atoms with van der Waals surface area (Å²) in [6, 6.07) is 10.1. The highest BCUT2D eigenvalue weighted by Crippen LogP contribution is 2.33. The molecule has 5 nitrogen and oxygen atoms in total. The monoisotopic (exact) mass is 338 g/mol. The third kappa shape index (κ3) is 2.73. The number of carbonyl (C=O) groups excluding carboxylic acids is 1. The minimum Gasteiger partial charge on any atom is -0.330 e. The quantitative estimate of drug-likeness (QED) is 0.734. The molecule has 0 bridgehead atoms. The minimum absolute atomic E-state index is 0.0137. The second-order valence-corrected chi connectivity index (χ2v) is 6.87. The van der Waals surface area contributed by atoms with E-state index in [1.54, 1.807) is 4.68 Å². The van der Waals surface area contributed by atoms with Crippen molar-refractivity contribution in [3.63, 3.8) is 0 Å². The molecule has 4 rings (SSSR count). The van der Waals surface area contributed by atoms with Gasteiger partial charge >= 0.3 is 0 Å². The summed E-state index contributed by atoms with van der Waals surface area (Å²) < 4.78 is 1.78. The molecule has 0 radical (unpaired) electrons. The highest BCUT2D eigenvalue weighted by molar-refractivity contribution is 7.13. The normalized spacial score (nSPS) is 17.4. The number of rotatable bonds is 3. The molecule has 3 heterocycles. The van der Waals surface area contributed by atoms with Crippen LogP contribution in [0.4, 0.5) is 0 Å². The lowest BCUT2D eigenvalue weighted by Gasteiger charge is -2.22. The Bertz CT molecular complexity index is 855. The summed E-state index contributed by atoms with van der Waals surface area (Å²) >= 11 is 1.52. The van der Waals surface area contributed by atoms with Crippen LogP contribution in [-0.2, 0) is 7.05 Å². The topological polar surface area (TPSA) is 51.0 Å². The van der Waals surface area contributed by atoms with Crippen molar-refractivity contribution in [1.29, 1.82) is 0 Å². The number of hydrogen-bond acceptors (Lipinski definition) is 4. The molecular weight excluding hydrogens is 320 g/mol. The number of hydrogen-bond donors (Lipinski definition) is 0. The van der Waals surface area contributed by atoms with Crippen molar-refractivity contribution < 1.29 is 4.79 Å². The van der Waals surface area contributed by atoms with Crippen molar-refractivity contribution >= 4 is 17.2 Å². The highest BCUT2D eigenvalue weighted by Gasteiger charge is 2.32. The molecule has 3 aromatic rings. The zero-order valence-electron chi connectivity index (χ0n) is 13.4. The van der Waals surface area contributed by atoms with Crippen LogP contribution in [0.1, 0.15) is 34.9 Å². The first-order chi connectivity index (χ1) is 11.7. The SMILES string of the molecule is Cn1cc(C2CCCN2C(=O)c2csc(-c3ccccc3)n2)cn1. The van der Waals surface area contributed by atoms with Crippen molar-refractivity contribution in [3.8, 4) is 10.6 Å². The van der Waals surface area contributed by atoms with E-state index < -0.39 is 0 Å². The number of thiazole rings is 1. The van der Waals surface area contributed by atoms with E-state index in [1.165, 1.54) is 11.3 Å². The first-order valence-electron chi connectivity index (χ1n) is 8.03. The zero-order valence-corrected chi connectivity index (χ0v) is 14.2. The second kappa shape index (κ2) is 6.20. The average molecular weight is 338 g/mol. The minimum atomic E-state index is 0.0137. The fraction of sp³-hybridized carbons (Fsp3) is 0.278. The molecule has 1 atom stereocenters. The van der Waals surface area contributed by atoms with Gasteiger partial charge in [-0.25, -0.2) is 4.98 Å². The van der Waals surface area contributed by atoms with Gasteiger partial charge in [0.25, 0.3) is 5.91 Å². The number of likely N-dealkylation sites (tertiary alicyclic amines) is 1. The summed E-state index contributed by atoms with van der Waals surface area (Å²) in [7, 11) is 1.90. The Morgan fingerprint density at radius 3 is 2.88 bits per heavy atom. The number of aryl methyl sites for hydroxylation is 1. The van der Waals surface area contributed by atoms with Crippen molar-refractivity contribution in [2.75, 3.05) is 6.54 Å². The third-order valence-electron chi connectivity index (χ3n) is 4.37. The molecule has 24 heavy (non-hydrogen) atoms. The third-order valence-corrected chi connectivity index (χ3v) is 5.26. The van der Waals surface area contributed by atoms with Gasteiger partial charge in [0, 0.05) is 36.3 Å². The maximum Gasteiger partial charge on any atom is 0.273 e. The average Bonchev–Trinajstić information content (AvgIpc) is 3.35. The van der Waals surface area contributed by atoms with Crippen molar-refractivity contribution in [1.82, 2.24) is 19.7 Å². The van der Waals surface area contributed by atoms with Crippen LogP contribution < -0.4 is 0 Å². The summed E-state index contributed by atoms with van der Waals surface area (Å²) in [6.45, 7) is 0.774. The van der Waals surface area contributed by atoms with Gasteiger partial charge in [-0.3, -0.25) is 9.48 Å². The molecule has 2 aromatic heterocycles. The van der Waals surface area contributed by atoms with Gasteiger partial charge in [-0.05, 0) is 12.8 Å². The maximum absolute atomic E-state index is 12.9. The lowest BCUT2D eigenvalue weighted by atomic mass is 10.1. The van der Waals surface area contributed by atoms with E-state index in [-0.39, 0.29) is 11.9 Å². The molecule has 1 saturated heterocycles. The van der Waals surface area contributed by atoms with Crippen LogP contribution >= 0.6 is 11.3 Å². The smallest absolute Gasteiger partial charge is 0.273 e. The predicted octanol–water partition coefficient (Wildman–Crippen LogP) is 3.52. The van der Waals surface area contributed by atoms with E-state index in [4.69, 9.17) is 0 Å². The number of aromatic nitrogens is 3. The van der Waals surface area contributed by atoms with Gasteiger partial charge in [-0.2, -0.15) is 5.10 Å². The van der Waals surface area contributed by atoms with E-state index in [0.29, 0.717) is 5.69 Å². The Hall–Kier alpha value is -2.47. The molecule has 1 aliphatic heterocycles. The van der Waals surface area contributed by atoms with Crippen molar-refractivity contribution in [2.24, 2.45) is 7.05 Å². The molecule has 1 aliphatic rings. The van der Waals surface area contributed by atoms with Gasteiger partial charge in [0.15, 0.2) is 0 Å². The molecule has 1 amide bonds. The fourth-order valence-corrected chi connectivity index (χ4v) is 4.00. The Kier molecular flexibility index (Phi) is 3.90. The van der Waals surface area contributed by atoms with Crippen LogP contribution in [0.5, 0.6) is 0 Å². The van der Waals surface area contributed by atoms with Gasteiger partial charge in [0.05, 0.1) is 12.2 Å². The maximum atomic E-state index is 12.9. The van der Waals surface area contributed by atoms with Crippen LogP contribution in [-0.4, -0.2) is 32.1 Å². The lowest BCUT2D eigenvalue weighted by Crippen LogP contribution is -2.30. The predicted molar refractivity (Wildman–Crippen MR) is 93.8 cm³/mol. The van der Waals surface area contributed by atoms with E-state index in [0.717, 1.165) is 35.5 Å². The molecular formula is C18H18N4OS. The first-order valence-corrected chi connectivity index (χ1v) is 8.91. The summed E-state index contributed by atoms with van der Waals surface area (Å²) in [4.78, 5) is 19.4. The zero-order chi connectivity index (χ0) is 16.5. The first kappa shape index (κ1) is 15.1. The summed E-state index contributed by atoms with van der Waals surface area (Å²) in [6.07, 6.45) is 5.84. The van der Waals surface area contributed by atoms with Crippen molar-refractivity contribution in [3.05, 3.63) is 59.4 Å². The lowest BCUT2D eigenvalue weighted by molar-refractivity contribution is 0.0730. The Labute approximate surface area is 144 Å². The number of carbonyl (C=O) groups is 1. The van der Waals surface area contributed by atoms with Gasteiger partial charge in [0.1, 0.15) is 10.7 Å². The van der Waals surface area contributed by atoms with Gasteiger partial charge in [-0.15, -0.1) is 11.3 Å². The van der Waals surface area contributed by atoms with Crippen LogP contribution in [0.3, 0.4) is 0 Å². The van der Waals surface area contributed by atoms with Crippen LogP contribution in [0.2, 0.25) is 0 Å². The van der Waals surface area contributed by atoms with E-state index >= 15 is 0 Å². The van der Waals surface area contributed by atoms with E-state index in [9.17, 15) is 4.79 Å². The Morgan fingerprint density at radius 2 is 2.12 bits per heavy atom. The molecule has 0 spiro atoms. The molecule has 1 aromatic carbocycles. The number of nitrogens with zero attached hydrogens (tertiary/aromatic N) is 4. The van der Waals surface area contributed by atoms with Crippen LogP contribution in [0.25, 0.3) is 10.6 Å². The van der Waals surface area contributed by atoms with Crippen molar-refractivity contribution in [2.45, 2.75) is 18.9 Å². The standard InChI is InChI=1S/C18H18N4OS/c1-21-11-14(10-19-21)16-8-5-9-22(16)18(23)15-12-24-17(20-15)13-6-3-2-4-7-13/h2-4,6-7,10-12,16H,5,8-9H2,1H3. The van der Waals surface area contributed by atoms with E-state index in [1.807, 2.05) is 60.1 Å². The molecule has 1 unspecified atom stereocenters. The van der Waals surface area contributed by atoms with E-state index in [2.05, 4.69) is 10.1 Å². The molecule has 1 fully saturated rings. The van der Waals surface area contributed by atoms with Gasteiger partial charge in [0.2, 0.25) is 0 Å². The molecule has 6 heteroatoms. The molecule has 122 valence electrons.